The zero-order chi connectivity index (χ0) is 13.9. The van der Waals surface area contributed by atoms with Crippen molar-refractivity contribution in [1.29, 1.82) is 0 Å². The summed E-state index contributed by atoms with van der Waals surface area (Å²) < 4.78 is 2.47. The third-order valence-electron chi connectivity index (χ3n) is 4.02. The summed E-state index contributed by atoms with van der Waals surface area (Å²) in [4.78, 5) is 0. The molecule has 0 amide bonds. The van der Waals surface area contributed by atoms with Crippen molar-refractivity contribution < 1.29 is 0 Å². The van der Waals surface area contributed by atoms with Crippen LogP contribution in [-0.2, 0) is 6.54 Å². The first-order chi connectivity index (χ1) is 9.85. The lowest BCUT2D eigenvalue weighted by molar-refractivity contribution is 0.627. The van der Waals surface area contributed by atoms with E-state index in [9.17, 15) is 0 Å². The van der Waals surface area contributed by atoms with Crippen molar-refractivity contribution >= 4 is 27.9 Å². The van der Waals surface area contributed by atoms with Crippen molar-refractivity contribution in [3.63, 3.8) is 0 Å². The molecule has 0 unspecified atom stereocenters. The smallest absolute Gasteiger partial charge is 0.0491 e. The molecule has 20 heavy (non-hydrogen) atoms. The van der Waals surface area contributed by atoms with Gasteiger partial charge in [-0.3, -0.25) is 0 Å². The molecule has 2 aromatic carbocycles. The van der Waals surface area contributed by atoms with E-state index in [-0.39, 0.29) is 0 Å². The Bertz CT molecular complexity index is 749. The third kappa shape index (κ3) is 2.14. The van der Waals surface area contributed by atoms with Crippen LogP contribution >= 0.6 is 0 Å². The van der Waals surface area contributed by atoms with Gasteiger partial charge in [0.15, 0.2) is 0 Å². The predicted octanol–water partition coefficient (Wildman–Crippen LogP) is 5.63. The fourth-order valence-electron chi connectivity index (χ4n) is 2.96. The van der Waals surface area contributed by atoms with Gasteiger partial charge in [0, 0.05) is 28.4 Å². The molecule has 1 heteroatoms. The van der Waals surface area contributed by atoms with E-state index in [4.69, 9.17) is 0 Å². The molecule has 1 heterocycles. The van der Waals surface area contributed by atoms with E-state index in [0.29, 0.717) is 0 Å². The van der Waals surface area contributed by atoms with Crippen molar-refractivity contribution in [3.05, 3.63) is 54.6 Å². The first-order valence-electron chi connectivity index (χ1n) is 7.48. The predicted molar refractivity (Wildman–Crippen MR) is 89.1 cm³/mol. The maximum Gasteiger partial charge on any atom is 0.0491 e. The highest BCUT2D eigenvalue weighted by Gasteiger charge is 2.09. The summed E-state index contributed by atoms with van der Waals surface area (Å²) in [7, 11) is 0. The van der Waals surface area contributed by atoms with E-state index in [1.807, 2.05) is 6.08 Å². The van der Waals surface area contributed by atoms with Crippen LogP contribution in [0, 0.1) is 0 Å². The molecule has 0 aliphatic carbocycles. The Morgan fingerprint density at radius 3 is 2.60 bits per heavy atom. The van der Waals surface area contributed by atoms with E-state index in [2.05, 4.69) is 60.5 Å². The molecule has 1 nitrogen and oxygen atoms in total. The van der Waals surface area contributed by atoms with E-state index >= 15 is 0 Å². The second-order valence-electron chi connectivity index (χ2n) is 5.36. The maximum absolute atomic E-state index is 3.88. The number of aromatic nitrogens is 1. The van der Waals surface area contributed by atoms with Crippen LogP contribution in [0.4, 0.5) is 0 Å². The maximum atomic E-state index is 3.88. The van der Waals surface area contributed by atoms with Crippen molar-refractivity contribution in [3.8, 4) is 0 Å². The van der Waals surface area contributed by atoms with Gasteiger partial charge in [-0.2, -0.15) is 0 Å². The molecule has 0 N–H and O–H groups in total. The van der Waals surface area contributed by atoms with Crippen LogP contribution in [0.3, 0.4) is 0 Å². The summed E-state index contributed by atoms with van der Waals surface area (Å²) in [5.74, 6) is 0. The SMILES string of the molecule is C=Cc1ccc2c(c1)c1ccccc1n2CCCCC. The molecule has 0 saturated heterocycles. The Balaban J connectivity index is 2.21. The molecule has 102 valence electrons. The number of hydrogen-bond acceptors (Lipinski definition) is 0. The Morgan fingerprint density at radius 1 is 1.00 bits per heavy atom. The Kier molecular flexibility index (Phi) is 3.60. The fraction of sp³-hybridized carbons (Fsp3) is 0.263. The number of benzene rings is 2. The highest BCUT2D eigenvalue weighted by Crippen LogP contribution is 2.30. The van der Waals surface area contributed by atoms with Crippen LogP contribution in [0.15, 0.2) is 49.0 Å². The molecule has 0 saturated carbocycles. The van der Waals surface area contributed by atoms with Gasteiger partial charge in [-0.15, -0.1) is 0 Å². The second-order valence-corrected chi connectivity index (χ2v) is 5.36. The molecule has 0 radical (unpaired) electrons. The molecule has 0 aliphatic heterocycles. The Labute approximate surface area is 120 Å². The van der Waals surface area contributed by atoms with Crippen LogP contribution in [0.2, 0.25) is 0 Å². The van der Waals surface area contributed by atoms with Gasteiger partial charge in [0.1, 0.15) is 0 Å². The monoisotopic (exact) mass is 263 g/mol. The van der Waals surface area contributed by atoms with Gasteiger partial charge < -0.3 is 4.57 Å². The van der Waals surface area contributed by atoms with E-state index in [0.717, 1.165) is 6.54 Å². The first kappa shape index (κ1) is 13.0. The highest BCUT2D eigenvalue weighted by molar-refractivity contribution is 6.08. The zero-order valence-corrected chi connectivity index (χ0v) is 12.1. The third-order valence-corrected chi connectivity index (χ3v) is 4.02. The number of aryl methyl sites for hydroxylation is 1. The van der Waals surface area contributed by atoms with Crippen molar-refractivity contribution in [1.82, 2.24) is 4.57 Å². The molecule has 3 aromatic rings. The van der Waals surface area contributed by atoms with Crippen molar-refractivity contribution in [2.45, 2.75) is 32.7 Å². The van der Waals surface area contributed by atoms with Gasteiger partial charge in [0.05, 0.1) is 0 Å². The number of para-hydroxylation sites is 1. The largest absolute Gasteiger partial charge is 0.340 e. The Morgan fingerprint density at radius 2 is 1.80 bits per heavy atom. The first-order valence-corrected chi connectivity index (χ1v) is 7.48. The quantitative estimate of drug-likeness (QED) is 0.526. The summed E-state index contributed by atoms with van der Waals surface area (Å²) in [6.07, 6.45) is 5.71. The molecule has 0 atom stereocenters. The summed E-state index contributed by atoms with van der Waals surface area (Å²) in [6.45, 7) is 7.23. The topological polar surface area (TPSA) is 4.93 Å². The summed E-state index contributed by atoms with van der Waals surface area (Å²) in [6, 6.07) is 15.4. The van der Waals surface area contributed by atoms with E-state index in [1.165, 1.54) is 46.6 Å². The molecule has 3 rings (SSSR count). The van der Waals surface area contributed by atoms with Crippen molar-refractivity contribution in [2.24, 2.45) is 0 Å². The van der Waals surface area contributed by atoms with Crippen LogP contribution in [0.5, 0.6) is 0 Å². The normalized spacial score (nSPS) is 11.2. The second kappa shape index (κ2) is 5.54. The van der Waals surface area contributed by atoms with Crippen molar-refractivity contribution in [2.75, 3.05) is 0 Å². The summed E-state index contributed by atoms with van der Waals surface area (Å²) in [5.41, 5.74) is 3.88. The Hall–Kier alpha value is -2.02. The van der Waals surface area contributed by atoms with Gasteiger partial charge in [-0.05, 0) is 30.2 Å². The molecule has 0 bridgehead atoms. The molecule has 0 spiro atoms. The van der Waals surface area contributed by atoms with Gasteiger partial charge >= 0.3 is 0 Å². The standard InChI is InChI=1S/C19H21N/c1-3-5-8-13-20-18-10-7-6-9-16(18)17-14-15(4-2)11-12-19(17)20/h4,6-7,9-12,14H,2-3,5,8,13H2,1H3. The summed E-state index contributed by atoms with van der Waals surface area (Å²) >= 11 is 0. The zero-order valence-electron chi connectivity index (χ0n) is 12.1. The van der Waals surface area contributed by atoms with Gasteiger partial charge in [-0.1, -0.05) is 56.7 Å². The van der Waals surface area contributed by atoms with Crippen LogP contribution in [0.25, 0.3) is 27.9 Å². The molecule has 0 fully saturated rings. The van der Waals surface area contributed by atoms with Gasteiger partial charge in [0.25, 0.3) is 0 Å². The van der Waals surface area contributed by atoms with Crippen LogP contribution in [0.1, 0.15) is 31.7 Å². The van der Waals surface area contributed by atoms with Crippen LogP contribution in [-0.4, -0.2) is 4.57 Å². The lowest BCUT2D eigenvalue weighted by Crippen LogP contribution is -1.97. The molecule has 0 aliphatic rings. The average Bonchev–Trinajstić information content (AvgIpc) is 2.81. The van der Waals surface area contributed by atoms with Gasteiger partial charge in [-0.25, -0.2) is 0 Å². The lowest BCUT2D eigenvalue weighted by Gasteiger charge is -2.07. The number of unbranched alkanes of at least 4 members (excludes halogenated alkanes) is 2. The molecular weight excluding hydrogens is 242 g/mol. The fourth-order valence-corrected chi connectivity index (χ4v) is 2.96. The van der Waals surface area contributed by atoms with E-state index < -0.39 is 0 Å². The van der Waals surface area contributed by atoms with Crippen LogP contribution < -0.4 is 0 Å². The number of fused-ring (bicyclic) bond motifs is 3. The summed E-state index contributed by atoms with van der Waals surface area (Å²) in [5, 5.41) is 2.69. The van der Waals surface area contributed by atoms with Gasteiger partial charge in [0.2, 0.25) is 0 Å². The number of hydrogen-bond donors (Lipinski definition) is 0. The minimum atomic E-state index is 1.10. The molecular formula is C19H21N. The molecule has 1 aromatic heterocycles. The van der Waals surface area contributed by atoms with E-state index in [1.54, 1.807) is 0 Å². The lowest BCUT2D eigenvalue weighted by atomic mass is 10.1. The highest BCUT2D eigenvalue weighted by atomic mass is 15.0. The average molecular weight is 263 g/mol. The minimum absolute atomic E-state index is 1.10. The number of rotatable bonds is 5. The number of nitrogens with zero attached hydrogens (tertiary/aromatic N) is 1. The minimum Gasteiger partial charge on any atom is -0.340 e.